The van der Waals surface area contributed by atoms with E-state index in [4.69, 9.17) is 5.11 Å². The monoisotopic (exact) mass is 289 g/mol. The van der Waals surface area contributed by atoms with Gasteiger partial charge in [0.15, 0.2) is 0 Å². The number of aromatic carboxylic acids is 1. The molecule has 2 rings (SSSR count). The molecule has 0 aliphatic heterocycles. The first kappa shape index (κ1) is 14.5. The number of carboxylic acids is 1. The molecule has 0 atom stereocenters. The van der Waals surface area contributed by atoms with Crippen LogP contribution in [0.3, 0.4) is 0 Å². The van der Waals surface area contributed by atoms with Crippen LogP contribution in [0.25, 0.3) is 0 Å². The number of rotatable bonds is 3. The van der Waals surface area contributed by atoms with Crippen molar-refractivity contribution in [3.05, 3.63) is 58.9 Å². The molecule has 0 unspecified atom stereocenters. The quantitative estimate of drug-likeness (QED) is 0.811. The molecule has 0 fully saturated rings. The van der Waals surface area contributed by atoms with E-state index in [-0.39, 0.29) is 16.8 Å². The third-order valence-corrected chi connectivity index (χ3v) is 2.86. The van der Waals surface area contributed by atoms with Gasteiger partial charge in [0.2, 0.25) is 0 Å². The third kappa shape index (κ3) is 3.17. The largest absolute Gasteiger partial charge is 0.507 e. The molecule has 0 saturated carbocycles. The predicted molar refractivity (Wildman–Crippen MR) is 74.2 cm³/mol. The molecule has 0 saturated heterocycles. The second-order valence-corrected chi connectivity index (χ2v) is 4.47. The summed E-state index contributed by atoms with van der Waals surface area (Å²) in [5, 5.41) is 21.1. The average molecular weight is 289 g/mol. The van der Waals surface area contributed by atoms with Crippen LogP contribution in [0.2, 0.25) is 0 Å². The van der Waals surface area contributed by atoms with Crippen LogP contribution in [-0.2, 0) is 0 Å². The van der Waals surface area contributed by atoms with Gasteiger partial charge in [-0.05, 0) is 31.2 Å². The lowest BCUT2D eigenvalue weighted by Crippen LogP contribution is -2.15. The van der Waals surface area contributed by atoms with Crippen LogP contribution in [-0.4, -0.2) is 22.1 Å². The molecule has 21 heavy (non-hydrogen) atoms. The molecule has 108 valence electrons. The zero-order valence-electron chi connectivity index (χ0n) is 11.1. The molecule has 0 bridgehead atoms. The Labute approximate surface area is 119 Å². The van der Waals surface area contributed by atoms with Crippen molar-refractivity contribution in [2.75, 3.05) is 5.32 Å². The lowest BCUT2D eigenvalue weighted by atomic mass is 10.1. The van der Waals surface area contributed by atoms with Gasteiger partial charge in [0, 0.05) is 6.07 Å². The van der Waals surface area contributed by atoms with E-state index in [1.165, 1.54) is 12.1 Å². The van der Waals surface area contributed by atoms with E-state index in [1.807, 2.05) is 0 Å². The number of phenolic OH excluding ortho intramolecular Hbond substituents is 1. The summed E-state index contributed by atoms with van der Waals surface area (Å²) in [5.41, 5.74) is 0.620. The Kier molecular flexibility index (Phi) is 3.89. The summed E-state index contributed by atoms with van der Waals surface area (Å²) in [7, 11) is 0. The van der Waals surface area contributed by atoms with E-state index in [1.54, 1.807) is 13.0 Å². The summed E-state index contributed by atoms with van der Waals surface area (Å²) in [6, 6.07) is 7.48. The minimum atomic E-state index is -1.18. The minimum absolute atomic E-state index is 0.0649. The molecule has 2 aromatic carbocycles. The second-order valence-electron chi connectivity index (χ2n) is 4.47. The number of amides is 1. The molecule has 2 aromatic rings. The smallest absolute Gasteiger partial charge is 0.337 e. The number of hydrogen-bond acceptors (Lipinski definition) is 3. The molecular formula is C15H12FNO4. The van der Waals surface area contributed by atoms with Crippen molar-refractivity contribution < 1.29 is 24.2 Å². The number of carboxylic acid groups (broad SMARTS) is 1. The minimum Gasteiger partial charge on any atom is -0.507 e. The van der Waals surface area contributed by atoms with Crippen LogP contribution in [0.15, 0.2) is 36.4 Å². The van der Waals surface area contributed by atoms with E-state index in [0.29, 0.717) is 0 Å². The number of aryl methyl sites for hydroxylation is 1. The van der Waals surface area contributed by atoms with Gasteiger partial charge in [0.1, 0.15) is 11.6 Å². The summed E-state index contributed by atoms with van der Waals surface area (Å²) >= 11 is 0. The number of carbonyl (C=O) groups excluding carboxylic acids is 1. The highest BCUT2D eigenvalue weighted by molar-refractivity contribution is 6.09. The molecule has 0 aromatic heterocycles. The van der Waals surface area contributed by atoms with Gasteiger partial charge in [-0.25, -0.2) is 9.18 Å². The van der Waals surface area contributed by atoms with Crippen molar-refractivity contribution in [2.45, 2.75) is 6.92 Å². The van der Waals surface area contributed by atoms with Crippen LogP contribution in [0.1, 0.15) is 26.3 Å². The summed E-state index contributed by atoms with van der Waals surface area (Å²) in [5.74, 6) is -3.10. The molecule has 5 nitrogen and oxygen atoms in total. The summed E-state index contributed by atoms with van der Waals surface area (Å²) < 4.78 is 12.9. The van der Waals surface area contributed by atoms with Crippen molar-refractivity contribution in [1.82, 2.24) is 0 Å². The first-order valence-electron chi connectivity index (χ1n) is 6.02. The number of carbonyl (C=O) groups is 2. The van der Waals surface area contributed by atoms with Gasteiger partial charge in [-0.3, -0.25) is 4.79 Å². The van der Waals surface area contributed by atoms with Gasteiger partial charge in [0.25, 0.3) is 5.91 Å². The number of anilines is 1. The molecule has 0 aliphatic rings. The summed E-state index contributed by atoms with van der Waals surface area (Å²) in [6.45, 7) is 1.73. The molecule has 1 amide bonds. The number of aromatic hydroxyl groups is 1. The van der Waals surface area contributed by atoms with Crippen molar-refractivity contribution in [3.63, 3.8) is 0 Å². The molecule has 6 heteroatoms. The van der Waals surface area contributed by atoms with Crippen LogP contribution < -0.4 is 5.32 Å². The van der Waals surface area contributed by atoms with Crippen LogP contribution in [0, 0.1) is 12.7 Å². The molecule has 0 spiro atoms. The first-order chi connectivity index (χ1) is 9.88. The van der Waals surface area contributed by atoms with E-state index in [0.717, 1.165) is 23.8 Å². The molecule has 0 aliphatic carbocycles. The highest BCUT2D eigenvalue weighted by atomic mass is 19.1. The van der Waals surface area contributed by atoms with Crippen molar-refractivity contribution in [1.29, 1.82) is 0 Å². The fourth-order valence-corrected chi connectivity index (χ4v) is 1.83. The highest BCUT2D eigenvalue weighted by Crippen LogP contribution is 2.22. The normalized spacial score (nSPS) is 10.2. The number of hydrogen-bond donors (Lipinski definition) is 3. The average Bonchev–Trinajstić information content (AvgIpc) is 2.40. The fourth-order valence-electron chi connectivity index (χ4n) is 1.83. The van der Waals surface area contributed by atoms with Crippen molar-refractivity contribution >= 4 is 17.6 Å². The maximum absolute atomic E-state index is 12.9. The Morgan fingerprint density at radius 3 is 2.43 bits per heavy atom. The van der Waals surface area contributed by atoms with Crippen LogP contribution in [0.4, 0.5) is 10.1 Å². The van der Waals surface area contributed by atoms with Gasteiger partial charge in [-0.15, -0.1) is 0 Å². The zero-order valence-corrected chi connectivity index (χ0v) is 11.1. The summed E-state index contributed by atoms with van der Waals surface area (Å²) in [4.78, 5) is 23.2. The number of nitrogens with one attached hydrogen (secondary N) is 1. The maximum atomic E-state index is 12.9. The van der Waals surface area contributed by atoms with Crippen molar-refractivity contribution in [2.24, 2.45) is 0 Å². The van der Waals surface area contributed by atoms with E-state index < -0.39 is 23.4 Å². The van der Waals surface area contributed by atoms with Crippen LogP contribution in [0.5, 0.6) is 5.75 Å². The Morgan fingerprint density at radius 1 is 1.10 bits per heavy atom. The van der Waals surface area contributed by atoms with Crippen molar-refractivity contribution in [3.8, 4) is 5.75 Å². The van der Waals surface area contributed by atoms with Gasteiger partial charge in [-0.1, -0.05) is 11.6 Å². The Bertz CT molecular complexity index is 728. The molecule has 3 N–H and O–H groups in total. The molecule has 0 radical (unpaired) electrons. The number of halogens is 1. The standard InChI is InChI=1S/C15H12FNO4/c1-8-2-5-12(11(6-8)15(20)21)17-14(19)10-4-3-9(16)7-13(10)18/h2-7,18H,1H3,(H,17,19)(H,20,21). The number of benzene rings is 2. The molecular weight excluding hydrogens is 277 g/mol. The molecule has 0 heterocycles. The first-order valence-corrected chi connectivity index (χ1v) is 6.02. The Hall–Kier alpha value is -2.89. The lowest BCUT2D eigenvalue weighted by molar-refractivity contribution is 0.0698. The maximum Gasteiger partial charge on any atom is 0.337 e. The lowest BCUT2D eigenvalue weighted by Gasteiger charge is -2.10. The Morgan fingerprint density at radius 2 is 1.81 bits per heavy atom. The predicted octanol–water partition coefficient (Wildman–Crippen LogP) is 2.79. The van der Waals surface area contributed by atoms with E-state index in [2.05, 4.69) is 5.32 Å². The Balaban J connectivity index is 2.34. The number of phenols is 1. The SMILES string of the molecule is Cc1ccc(NC(=O)c2ccc(F)cc2O)c(C(=O)O)c1. The third-order valence-electron chi connectivity index (χ3n) is 2.86. The van der Waals surface area contributed by atoms with Gasteiger partial charge in [0.05, 0.1) is 16.8 Å². The van der Waals surface area contributed by atoms with Gasteiger partial charge in [-0.2, -0.15) is 0 Å². The second kappa shape index (κ2) is 5.62. The fraction of sp³-hybridized carbons (Fsp3) is 0.0667. The zero-order chi connectivity index (χ0) is 15.6. The van der Waals surface area contributed by atoms with Crippen LogP contribution >= 0.6 is 0 Å². The topological polar surface area (TPSA) is 86.6 Å². The van der Waals surface area contributed by atoms with Gasteiger partial charge >= 0.3 is 5.97 Å². The van der Waals surface area contributed by atoms with E-state index >= 15 is 0 Å². The summed E-state index contributed by atoms with van der Waals surface area (Å²) in [6.07, 6.45) is 0. The van der Waals surface area contributed by atoms with Gasteiger partial charge < -0.3 is 15.5 Å². The van der Waals surface area contributed by atoms with E-state index in [9.17, 15) is 19.1 Å². The highest BCUT2D eigenvalue weighted by Gasteiger charge is 2.16.